The van der Waals surface area contributed by atoms with E-state index in [1.54, 1.807) is 12.1 Å². The van der Waals surface area contributed by atoms with E-state index in [1.165, 1.54) is 0 Å². The van der Waals surface area contributed by atoms with Crippen molar-refractivity contribution in [2.75, 3.05) is 5.32 Å². The van der Waals surface area contributed by atoms with E-state index in [9.17, 15) is 10.1 Å². The third kappa shape index (κ3) is 2.24. The fraction of sp³-hybridized carbons (Fsp3) is 0.0625. The maximum Gasteiger partial charge on any atom is 0.262 e. The fourth-order valence-electron chi connectivity index (χ4n) is 2.15. The molecular formula is C16H10BrN3O. The van der Waals surface area contributed by atoms with E-state index in [1.807, 2.05) is 48.5 Å². The van der Waals surface area contributed by atoms with Gasteiger partial charge in [-0.25, -0.2) is 4.99 Å². The minimum absolute atomic E-state index is 0.382. The molecule has 21 heavy (non-hydrogen) atoms. The molecule has 0 bridgehead atoms. The summed E-state index contributed by atoms with van der Waals surface area (Å²) in [4.78, 5) is 17.0. The van der Waals surface area contributed by atoms with Crippen molar-refractivity contribution in [1.29, 1.82) is 5.26 Å². The molecule has 1 heterocycles. The number of hydrogen-bond acceptors (Lipinski definition) is 3. The van der Waals surface area contributed by atoms with Gasteiger partial charge in [0, 0.05) is 0 Å². The second-order valence-electron chi connectivity index (χ2n) is 4.57. The van der Waals surface area contributed by atoms with Crippen LogP contribution in [0, 0.1) is 11.3 Å². The summed E-state index contributed by atoms with van der Waals surface area (Å²) in [6.07, 6.45) is 0. The molecule has 0 aliphatic carbocycles. The average Bonchev–Trinajstić information content (AvgIpc) is 2.64. The van der Waals surface area contributed by atoms with E-state index in [-0.39, 0.29) is 0 Å². The second kappa shape index (κ2) is 5.15. The van der Waals surface area contributed by atoms with Crippen LogP contribution in [-0.4, -0.2) is 15.9 Å². The summed E-state index contributed by atoms with van der Waals surface area (Å²) in [5.74, 6) is -0.447. The Kier molecular flexibility index (Phi) is 3.32. The molecule has 0 spiro atoms. The van der Waals surface area contributed by atoms with Crippen LogP contribution in [-0.2, 0) is 4.79 Å². The van der Waals surface area contributed by atoms with Crippen LogP contribution >= 0.6 is 15.9 Å². The van der Waals surface area contributed by atoms with Crippen molar-refractivity contribution >= 4 is 38.9 Å². The maximum absolute atomic E-state index is 12.5. The van der Waals surface area contributed by atoms with Gasteiger partial charge in [-0.15, -0.1) is 0 Å². The van der Waals surface area contributed by atoms with Crippen LogP contribution in [0.15, 0.2) is 59.6 Å². The first-order valence-corrected chi connectivity index (χ1v) is 7.09. The normalized spacial score (nSPS) is 20.6. The molecule has 0 fully saturated rings. The van der Waals surface area contributed by atoms with Gasteiger partial charge in [-0.3, -0.25) is 4.79 Å². The highest BCUT2D eigenvalue weighted by atomic mass is 79.9. The third-order valence-electron chi connectivity index (χ3n) is 3.22. The number of fused-ring (bicyclic) bond motifs is 1. The second-order valence-corrected chi connectivity index (χ2v) is 5.76. The molecule has 0 radical (unpaired) electrons. The molecule has 4 nitrogen and oxygen atoms in total. The van der Waals surface area contributed by atoms with Gasteiger partial charge in [0.15, 0.2) is 0 Å². The number of anilines is 1. The molecule has 0 saturated carbocycles. The largest absolute Gasteiger partial charge is 0.322 e. The Morgan fingerprint density at radius 1 is 1.10 bits per heavy atom. The highest BCUT2D eigenvalue weighted by molar-refractivity contribution is 9.10. The summed E-state index contributed by atoms with van der Waals surface area (Å²) >= 11 is 3.27. The minimum atomic E-state index is -1.52. The first-order chi connectivity index (χ1) is 10.1. The third-order valence-corrected chi connectivity index (χ3v) is 4.14. The number of alkyl halides is 1. The maximum atomic E-state index is 12.5. The van der Waals surface area contributed by atoms with Gasteiger partial charge in [0.25, 0.3) is 5.91 Å². The SMILES string of the molecule is N#CC1(Br)C(=O)Nc2ccccc2N=C1c1ccccc1. The molecule has 2 aromatic carbocycles. The summed E-state index contributed by atoms with van der Waals surface area (Å²) in [7, 11) is 0. The molecule has 1 atom stereocenters. The van der Waals surface area contributed by atoms with Crippen molar-refractivity contribution in [3.63, 3.8) is 0 Å². The molecule has 5 heteroatoms. The zero-order valence-electron chi connectivity index (χ0n) is 10.9. The zero-order valence-corrected chi connectivity index (χ0v) is 12.5. The summed E-state index contributed by atoms with van der Waals surface area (Å²) in [5, 5.41) is 12.3. The van der Waals surface area contributed by atoms with E-state index in [0.29, 0.717) is 17.1 Å². The number of carbonyl (C=O) groups excluding carboxylic acids is 1. The van der Waals surface area contributed by atoms with E-state index in [4.69, 9.17) is 0 Å². The molecule has 1 amide bonds. The predicted molar refractivity (Wildman–Crippen MR) is 85.0 cm³/mol. The Bertz CT molecular complexity index is 780. The Morgan fingerprint density at radius 3 is 2.48 bits per heavy atom. The lowest BCUT2D eigenvalue weighted by molar-refractivity contribution is -0.115. The van der Waals surface area contributed by atoms with Gasteiger partial charge in [-0.2, -0.15) is 5.26 Å². The number of nitrogens with zero attached hydrogens (tertiary/aromatic N) is 2. The first-order valence-electron chi connectivity index (χ1n) is 6.30. The van der Waals surface area contributed by atoms with Crippen LogP contribution in [0.2, 0.25) is 0 Å². The molecule has 3 rings (SSSR count). The van der Waals surface area contributed by atoms with Crippen molar-refractivity contribution < 1.29 is 4.79 Å². The lowest BCUT2D eigenvalue weighted by Crippen LogP contribution is -2.42. The molecule has 2 aromatic rings. The van der Waals surface area contributed by atoms with Crippen LogP contribution in [0.25, 0.3) is 0 Å². The quantitative estimate of drug-likeness (QED) is 0.809. The molecule has 1 N–H and O–H groups in total. The highest BCUT2D eigenvalue weighted by Crippen LogP contribution is 2.35. The number of hydrogen-bond donors (Lipinski definition) is 1. The molecule has 1 aliphatic heterocycles. The Hall–Kier alpha value is -2.45. The Balaban J connectivity index is 2.28. The molecule has 102 valence electrons. The summed E-state index contributed by atoms with van der Waals surface area (Å²) in [5.41, 5.74) is 2.32. The van der Waals surface area contributed by atoms with Crippen molar-refractivity contribution in [3.8, 4) is 6.07 Å². The van der Waals surface area contributed by atoms with E-state index in [0.717, 1.165) is 5.56 Å². The molecule has 1 aliphatic rings. The van der Waals surface area contributed by atoms with Gasteiger partial charge in [-0.1, -0.05) is 58.4 Å². The standard InChI is InChI=1S/C16H10BrN3O/c17-16(10-18)14(11-6-2-1-3-7-11)19-12-8-4-5-9-13(12)20-15(16)21/h1-9H,(H,20,21). The number of halogens is 1. The number of nitrogens with one attached hydrogen (secondary N) is 1. The lowest BCUT2D eigenvalue weighted by atomic mass is 9.97. The van der Waals surface area contributed by atoms with Gasteiger partial charge in [0.05, 0.1) is 23.2 Å². The smallest absolute Gasteiger partial charge is 0.262 e. The molecule has 0 aromatic heterocycles. The van der Waals surface area contributed by atoms with Gasteiger partial charge in [0.2, 0.25) is 4.32 Å². The monoisotopic (exact) mass is 339 g/mol. The number of amides is 1. The summed E-state index contributed by atoms with van der Waals surface area (Å²) < 4.78 is -1.52. The van der Waals surface area contributed by atoms with E-state index < -0.39 is 10.2 Å². The first kappa shape index (κ1) is 13.5. The Morgan fingerprint density at radius 2 is 1.76 bits per heavy atom. The molecular weight excluding hydrogens is 330 g/mol. The molecule has 0 saturated heterocycles. The highest BCUT2D eigenvalue weighted by Gasteiger charge is 2.44. The Labute approximate surface area is 130 Å². The number of nitriles is 1. The lowest BCUT2D eigenvalue weighted by Gasteiger charge is -2.18. The van der Waals surface area contributed by atoms with Crippen molar-refractivity contribution in [2.24, 2.45) is 4.99 Å². The topological polar surface area (TPSA) is 65.2 Å². The van der Waals surface area contributed by atoms with E-state index in [2.05, 4.69) is 26.2 Å². The van der Waals surface area contributed by atoms with Crippen LogP contribution in [0.4, 0.5) is 11.4 Å². The summed E-state index contributed by atoms with van der Waals surface area (Å²) in [6.45, 7) is 0. The van der Waals surface area contributed by atoms with E-state index >= 15 is 0 Å². The van der Waals surface area contributed by atoms with Gasteiger partial charge < -0.3 is 5.32 Å². The van der Waals surface area contributed by atoms with Crippen LogP contribution in [0.5, 0.6) is 0 Å². The number of carbonyl (C=O) groups is 1. The van der Waals surface area contributed by atoms with Crippen molar-refractivity contribution in [3.05, 3.63) is 60.2 Å². The number of benzene rings is 2. The van der Waals surface area contributed by atoms with Crippen molar-refractivity contribution in [1.82, 2.24) is 0 Å². The van der Waals surface area contributed by atoms with Gasteiger partial charge in [-0.05, 0) is 17.7 Å². The fourth-order valence-corrected chi connectivity index (χ4v) is 2.57. The number of aliphatic imine (C=N–C) groups is 1. The number of para-hydroxylation sites is 2. The number of rotatable bonds is 1. The van der Waals surface area contributed by atoms with Crippen molar-refractivity contribution in [2.45, 2.75) is 4.32 Å². The van der Waals surface area contributed by atoms with Gasteiger partial charge >= 0.3 is 0 Å². The predicted octanol–water partition coefficient (Wildman–Crippen LogP) is 3.42. The van der Waals surface area contributed by atoms with Crippen LogP contribution in [0.1, 0.15) is 5.56 Å². The average molecular weight is 340 g/mol. The minimum Gasteiger partial charge on any atom is -0.322 e. The zero-order chi connectivity index (χ0) is 14.9. The van der Waals surface area contributed by atoms with Crippen LogP contribution < -0.4 is 5.32 Å². The van der Waals surface area contributed by atoms with Crippen LogP contribution in [0.3, 0.4) is 0 Å². The summed E-state index contributed by atoms with van der Waals surface area (Å²) in [6, 6.07) is 18.4. The molecule has 1 unspecified atom stereocenters. The van der Waals surface area contributed by atoms with Gasteiger partial charge in [0.1, 0.15) is 0 Å².